The molecule has 0 radical (unpaired) electrons. The first-order valence-electron chi connectivity index (χ1n) is 8.97. The molecular weight excluding hydrogens is 396 g/mol. The molecule has 3 heterocycles. The van der Waals surface area contributed by atoms with Crippen LogP contribution in [-0.4, -0.2) is 47.1 Å². The number of anilines is 1. The Hall–Kier alpha value is -2.64. The second kappa shape index (κ2) is 8.58. The zero-order valence-corrected chi connectivity index (χ0v) is 16.7. The molecule has 1 fully saturated rings. The van der Waals surface area contributed by atoms with Crippen molar-refractivity contribution in [2.24, 2.45) is 0 Å². The molecular formula is C20H19ClN4O2S. The third kappa shape index (κ3) is 4.43. The van der Waals surface area contributed by atoms with Gasteiger partial charge in [0, 0.05) is 48.3 Å². The highest BCUT2D eigenvalue weighted by atomic mass is 35.5. The number of rotatable bonds is 4. The topological polar surface area (TPSA) is 58.6 Å². The van der Waals surface area contributed by atoms with Gasteiger partial charge >= 0.3 is 6.09 Å². The SMILES string of the molecule is O=C(OCc1nc(-c2ccc(Cl)cc2)cs1)N1CCN(c2ccccn2)CC1. The number of amides is 1. The van der Waals surface area contributed by atoms with E-state index in [4.69, 9.17) is 16.3 Å². The van der Waals surface area contributed by atoms with Gasteiger partial charge < -0.3 is 14.5 Å². The van der Waals surface area contributed by atoms with Crippen molar-refractivity contribution >= 4 is 34.8 Å². The van der Waals surface area contributed by atoms with Crippen LogP contribution in [0.4, 0.5) is 10.6 Å². The molecule has 1 saturated heterocycles. The van der Waals surface area contributed by atoms with Crippen LogP contribution >= 0.6 is 22.9 Å². The van der Waals surface area contributed by atoms with Gasteiger partial charge in [0.1, 0.15) is 17.4 Å². The number of nitrogens with zero attached hydrogens (tertiary/aromatic N) is 4. The number of carbonyl (C=O) groups is 1. The summed E-state index contributed by atoms with van der Waals surface area (Å²) >= 11 is 7.40. The zero-order valence-electron chi connectivity index (χ0n) is 15.1. The van der Waals surface area contributed by atoms with E-state index in [1.807, 2.05) is 47.8 Å². The normalized spacial score (nSPS) is 14.2. The Morgan fingerprint density at radius 3 is 2.61 bits per heavy atom. The molecule has 0 bridgehead atoms. The number of thiazole rings is 1. The minimum Gasteiger partial charge on any atom is -0.442 e. The summed E-state index contributed by atoms with van der Waals surface area (Å²) < 4.78 is 5.46. The lowest BCUT2D eigenvalue weighted by Crippen LogP contribution is -2.49. The van der Waals surface area contributed by atoms with Crippen LogP contribution in [0.15, 0.2) is 54.0 Å². The maximum absolute atomic E-state index is 12.4. The smallest absolute Gasteiger partial charge is 0.410 e. The fourth-order valence-corrected chi connectivity index (χ4v) is 3.84. The quantitative estimate of drug-likeness (QED) is 0.636. The van der Waals surface area contributed by atoms with Crippen molar-refractivity contribution in [2.45, 2.75) is 6.61 Å². The molecule has 6 nitrogen and oxygen atoms in total. The molecule has 0 N–H and O–H groups in total. The molecule has 2 aromatic heterocycles. The molecule has 1 aliphatic rings. The number of pyridine rings is 1. The predicted molar refractivity (Wildman–Crippen MR) is 111 cm³/mol. The lowest BCUT2D eigenvalue weighted by Gasteiger charge is -2.34. The summed E-state index contributed by atoms with van der Waals surface area (Å²) in [6.07, 6.45) is 1.48. The van der Waals surface area contributed by atoms with E-state index < -0.39 is 0 Å². The maximum Gasteiger partial charge on any atom is 0.410 e. The van der Waals surface area contributed by atoms with Gasteiger partial charge in [-0.15, -0.1) is 11.3 Å². The fourth-order valence-electron chi connectivity index (χ4n) is 3.00. The Bertz CT molecular complexity index is 925. The summed E-state index contributed by atoms with van der Waals surface area (Å²) in [7, 11) is 0. The van der Waals surface area contributed by atoms with Crippen LogP contribution in [-0.2, 0) is 11.3 Å². The van der Waals surface area contributed by atoms with Crippen LogP contribution in [0.5, 0.6) is 0 Å². The Morgan fingerprint density at radius 2 is 1.89 bits per heavy atom. The number of piperazine rings is 1. The molecule has 0 atom stereocenters. The van der Waals surface area contributed by atoms with Crippen molar-refractivity contribution in [1.29, 1.82) is 0 Å². The largest absolute Gasteiger partial charge is 0.442 e. The second-order valence-corrected chi connectivity index (χ2v) is 7.73. The monoisotopic (exact) mass is 414 g/mol. The van der Waals surface area contributed by atoms with E-state index in [1.165, 1.54) is 11.3 Å². The maximum atomic E-state index is 12.4. The van der Waals surface area contributed by atoms with E-state index in [2.05, 4.69) is 14.9 Å². The molecule has 1 aliphatic heterocycles. The number of halogens is 1. The summed E-state index contributed by atoms with van der Waals surface area (Å²) in [6.45, 7) is 2.89. The van der Waals surface area contributed by atoms with Gasteiger partial charge in [0.25, 0.3) is 0 Å². The predicted octanol–water partition coefficient (Wildman–Crippen LogP) is 4.32. The average molecular weight is 415 g/mol. The molecule has 0 spiro atoms. The highest BCUT2D eigenvalue weighted by molar-refractivity contribution is 7.09. The van der Waals surface area contributed by atoms with Gasteiger partial charge in [-0.2, -0.15) is 0 Å². The first-order chi connectivity index (χ1) is 13.7. The Morgan fingerprint density at radius 1 is 1.11 bits per heavy atom. The van der Waals surface area contributed by atoms with Crippen LogP contribution in [0.1, 0.15) is 5.01 Å². The second-order valence-electron chi connectivity index (χ2n) is 6.35. The van der Waals surface area contributed by atoms with Crippen molar-refractivity contribution in [3.8, 4) is 11.3 Å². The molecule has 144 valence electrons. The lowest BCUT2D eigenvalue weighted by molar-refractivity contribution is 0.0941. The molecule has 3 aromatic rings. The van der Waals surface area contributed by atoms with E-state index >= 15 is 0 Å². The standard InChI is InChI=1S/C20H19ClN4O2S/c21-16-6-4-15(5-7-16)17-14-28-19(23-17)13-27-20(26)25-11-9-24(10-12-25)18-3-1-2-8-22-18/h1-8,14H,9-13H2. The Kier molecular flexibility index (Phi) is 5.73. The van der Waals surface area contributed by atoms with Crippen LogP contribution in [0.3, 0.4) is 0 Å². The Balaban J connectivity index is 1.28. The summed E-state index contributed by atoms with van der Waals surface area (Å²) in [6, 6.07) is 13.4. The minimum absolute atomic E-state index is 0.178. The first kappa shape index (κ1) is 18.7. The Labute approximate surface area is 172 Å². The summed E-state index contributed by atoms with van der Waals surface area (Å²) in [4.78, 5) is 25.2. The van der Waals surface area contributed by atoms with Crippen LogP contribution in [0, 0.1) is 0 Å². The van der Waals surface area contributed by atoms with E-state index in [0.717, 1.165) is 35.2 Å². The van der Waals surface area contributed by atoms with Crippen molar-refractivity contribution in [3.63, 3.8) is 0 Å². The average Bonchev–Trinajstić information content (AvgIpc) is 3.22. The molecule has 1 amide bonds. The number of hydrogen-bond donors (Lipinski definition) is 0. The molecule has 28 heavy (non-hydrogen) atoms. The van der Waals surface area contributed by atoms with Gasteiger partial charge in [-0.1, -0.05) is 29.8 Å². The van der Waals surface area contributed by atoms with E-state index in [-0.39, 0.29) is 12.7 Å². The summed E-state index contributed by atoms with van der Waals surface area (Å²) in [5, 5.41) is 3.42. The fraction of sp³-hybridized carbons (Fsp3) is 0.250. The highest BCUT2D eigenvalue weighted by Crippen LogP contribution is 2.24. The minimum atomic E-state index is -0.302. The number of benzene rings is 1. The molecule has 0 saturated carbocycles. The van der Waals surface area contributed by atoms with Gasteiger partial charge in [-0.05, 0) is 24.3 Å². The van der Waals surface area contributed by atoms with Crippen LogP contribution in [0.2, 0.25) is 5.02 Å². The molecule has 0 aliphatic carbocycles. The number of ether oxygens (including phenoxy) is 1. The van der Waals surface area contributed by atoms with Gasteiger partial charge in [0.15, 0.2) is 0 Å². The van der Waals surface area contributed by atoms with Crippen molar-refractivity contribution < 1.29 is 9.53 Å². The summed E-state index contributed by atoms with van der Waals surface area (Å²) in [5.41, 5.74) is 1.85. The molecule has 8 heteroatoms. The van der Waals surface area contributed by atoms with Gasteiger partial charge in [0.05, 0.1) is 5.69 Å². The van der Waals surface area contributed by atoms with Crippen molar-refractivity contribution in [1.82, 2.24) is 14.9 Å². The number of hydrogen-bond acceptors (Lipinski definition) is 6. The van der Waals surface area contributed by atoms with E-state index in [0.29, 0.717) is 18.1 Å². The van der Waals surface area contributed by atoms with E-state index in [9.17, 15) is 4.79 Å². The number of carbonyl (C=O) groups excluding carboxylic acids is 1. The first-order valence-corrected chi connectivity index (χ1v) is 10.2. The molecule has 4 rings (SSSR count). The molecule has 0 unspecified atom stereocenters. The molecule has 1 aromatic carbocycles. The lowest BCUT2D eigenvalue weighted by atomic mass is 10.2. The third-order valence-corrected chi connectivity index (χ3v) is 5.60. The van der Waals surface area contributed by atoms with Crippen LogP contribution in [0.25, 0.3) is 11.3 Å². The summed E-state index contributed by atoms with van der Waals surface area (Å²) in [5.74, 6) is 0.938. The van der Waals surface area contributed by atoms with Crippen LogP contribution < -0.4 is 4.90 Å². The van der Waals surface area contributed by atoms with Crippen molar-refractivity contribution in [2.75, 3.05) is 31.1 Å². The van der Waals surface area contributed by atoms with Crippen molar-refractivity contribution in [3.05, 3.63) is 64.1 Å². The highest BCUT2D eigenvalue weighted by Gasteiger charge is 2.23. The van der Waals surface area contributed by atoms with Gasteiger partial charge in [-0.3, -0.25) is 0 Å². The van der Waals surface area contributed by atoms with Gasteiger partial charge in [0.2, 0.25) is 0 Å². The van der Waals surface area contributed by atoms with Gasteiger partial charge in [-0.25, -0.2) is 14.8 Å². The zero-order chi connectivity index (χ0) is 19.3. The van der Waals surface area contributed by atoms with E-state index in [1.54, 1.807) is 11.1 Å². The number of aromatic nitrogens is 2. The third-order valence-electron chi connectivity index (χ3n) is 4.52.